The number of nitrogens with zero attached hydrogens (tertiary/aromatic N) is 1. The average Bonchev–Trinajstić information content (AvgIpc) is 2.41. The minimum Gasteiger partial charge on any atom is -0.299 e. The van der Waals surface area contributed by atoms with Crippen LogP contribution >= 0.6 is 0 Å². The van der Waals surface area contributed by atoms with E-state index in [-0.39, 0.29) is 12.0 Å². The van der Waals surface area contributed by atoms with Crippen molar-refractivity contribution < 1.29 is 4.79 Å². The molecule has 3 atom stereocenters. The smallest absolute Gasteiger partial charge is 0.138 e. The van der Waals surface area contributed by atoms with Crippen LogP contribution in [0.4, 0.5) is 0 Å². The van der Waals surface area contributed by atoms with Crippen molar-refractivity contribution in [3.05, 3.63) is 35.9 Å². The topological polar surface area (TPSA) is 20.3 Å². The van der Waals surface area contributed by atoms with E-state index in [9.17, 15) is 4.79 Å². The second kappa shape index (κ2) is 6.04. The molecular formula is C17H21NO. The summed E-state index contributed by atoms with van der Waals surface area (Å²) >= 11 is 0. The fourth-order valence-electron chi connectivity index (χ4n) is 2.61. The van der Waals surface area contributed by atoms with Gasteiger partial charge in [0, 0.05) is 30.0 Å². The van der Waals surface area contributed by atoms with Crippen molar-refractivity contribution in [1.82, 2.24) is 4.90 Å². The number of carbonyl (C=O) groups is 1. The van der Waals surface area contributed by atoms with Gasteiger partial charge in [-0.3, -0.25) is 9.69 Å². The highest BCUT2D eigenvalue weighted by Gasteiger charge is 2.34. The third kappa shape index (κ3) is 3.24. The van der Waals surface area contributed by atoms with E-state index in [0.29, 0.717) is 18.2 Å². The molecule has 0 radical (unpaired) electrons. The van der Waals surface area contributed by atoms with E-state index in [1.165, 1.54) is 0 Å². The number of rotatable bonds is 1. The third-order valence-electron chi connectivity index (χ3n) is 4.09. The van der Waals surface area contributed by atoms with Crippen molar-refractivity contribution in [3.8, 4) is 11.8 Å². The lowest BCUT2D eigenvalue weighted by atomic mass is 9.87. The maximum atomic E-state index is 11.8. The average molecular weight is 255 g/mol. The number of hydrogen-bond acceptors (Lipinski definition) is 2. The van der Waals surface area contributed by atoms with E-state index in [0.717, 1.165) is 12.1 Å². The quantitative estimate of drug-likeness (QED) is 0.719. The van der Waals surface area contributed by atoms with Gasteiger partial charge in [0.05, 0.1) is 6.54 Å². The molecule has 1 aromatic rings. The monoisotopic (exact) mass is 255 g/mol. The zero-order valence-corrected chi connectivity index (χ0v) is 11.9. The van der Waals surface area contributed by atoms with E-state index in [1.807, 2.05) is 37.3 Å². The van der Waals surface area contributed by atoms with Gasteiger partial charge in [0.2, 0.25) is 0 Å². The maximum absolute atomic E-state index is 11.8. The molecule has 19 heavy (non-hydrogen) atoms. The number of likely N-dealkylation sites (tertiary alicyclic amines) is 1. The lowest BCUT2D eigenvalue weighted by Gasteiger charge is -2.40. The van der Waals surface area contributed by atoms with Gasteiger partial charge in [-0.15, -0.1) is 0 Å². The fourth-order valence-corrected chi connectivity index (χ4v) is 2.61. The molecule has 3 unspecified atom stereocenters. The number of Topliss-reactive ketones (excluding diaryl/α,β-unsaturated/α-hetero) is 1. The van der Waals surface area contributed by atoms with Crippen molar-refractivity contribution in [3.63, 3.8) is 0 Å². The van der Waals surface area contributed by atoms with Crippen LogP contribution in [0, 0.1) is 17.8 Å². The predicted molar refractivity (Wildman–Crippen MR) is 77.7 cm³/mol. The molecule has 0 N–H and O–H groups in total. The largest absolute Gasteiger partial charge is 0.299 e. The lowest BCUT2D eigenvalue weighted by molar-refractivity contribution is -0.129. The molecule has 2 nitrogen and oxygen atoms in total. The molecule has 1 heterocycles. The molecule has 0 aromatic heterocycles. The molecule has 0 aliphatic carbocycles. The van der Waals surface area contributed by atoms with Gasteiger partial charge in [-0.25, -0.2) is 0 Å². The summed E-state index contributed by atoms with van der Waals surface area (Å²) in [7, 11) is 0. The Morgan fingerprint density at radius 3 is 2.58 bits per heavy atom. The molecule has 2 heteroatoms. The molecule has 1 aliphatic heterocycles. The molecular weight excluding hydrogens is 234 g/mol. The van der Waals surface area contributed by atoms with E-state index < -0.39 is 0 Å². The molecule has 0 amide bonds. The summed E-state index contributed by atoms with van der Waals surface area (Å²) < 4.78 is 0. The summed E-state index contributed by atoms with van der Waals surface area (Å²) in [5, 5.41) is 0. The zero-order chi connectivity index (χ0) is 13.8. The Labute approximate surface area is 115 Å². The highest BCUT2D eigenvalue weighted by molar-refractivity contribution is 5.82. The predicted octanol–water partition coefficient (Wildman–Crippen LogP) is 2.73. The molecule has 1 aliphatic rings. The van der Waals surface area contributed by atoms with Crippen LogP contribution in [0.15, 0.2) is 30.3 Å². The van der Waals surface area contributed by atoms with Crippen LogP contribution in [-0.4, -0.2) is 29.3 Å². The molecule has 0 saturated carbocycles. The number of benzene rings is 1. The first-order valence-electron chi connectivity index (χ1n) is 6.92. The van der Waals surface area contributed by atoms with Crippen molar-refractivity contribution in [1.29, 1.82) is 0 Å². The summed E-state index contributed by atoms with van der Waals surface area (Å²) in [5.74, 6) is 6.92. The first-order chi connectivity index (χ1) is 9.09. The lowest BCUT2D eigenvalue weighted by Crippen LogP contribution is -2.51. The van der Waals surface area contributed by atoms with Gasteiger partial charge in [0.15, 0.2) is 0 Å². The van der Waals surface area contributed by atoms with Gasteiger partial charge in [0.25, 0.3) is 0 Å². The van der Waals surface area contributed by atoms with Crippen molar-refractivity contribution in [2.75, 3.05) is 6.54 Å². The molecule has 1 aromatic carbocycles. The van der Waals surface area contributed by atoms with E-state index in [4.69, 9.17) is 0 Å². The number of carbonyl (C=O) groups excluding carboxylic acids is 1. The molecule has 1 fully saturated rings. The van der Waals surface area contributed by atoms with Crippen molar-refractivity contribution >= 4 is 5.78 Å². The van der Waals surface area contributed by atoms with Gasteiger partial charge in [-0.05, 0) is 26.0 Å². The van der Waals surface area contributed by atoms with Crippen LogP contribution in [0.25, 0.3) is 0 Å². The van der Waals surface area contributed by atoms with Gasteiger partial charge < -0.3 is 0 Å². The van der Waals surface area contributed by atoms with E-state index in [2.05, 4.69) is 30.6 Å². The Hall–Kier alpha value is -1.59. The molecule has 0 spiro atoms. The molecule has 0 bridgehead atoms. The Morgan fingerprint density at radius 2 is 1.89 bits per heavy atom. The molecule has 1 saturated heterocycles. The van der Waals surface area contributed by atoms with Crippen LogP contribution in [0.3, 0.4) is 0 Å². The highest BCUT2D eigenvalue weighted by Crippen LogP contribution is 2.24. The van der Waals surface area contributed by atoms with Gasteiger partial charge in [-0.1, -0.05) is 37.0 Å². The Morgan fingerprint density at radius 1 is 1.21 bits per heavy atom. The van der Waals surface area contributed by atoms with E-state index >= 15 is 0 Å². The Kier molecular flexibility index (Phi) is 4.39. The van der Waals surface area contributed by atoms with Crippen LogP contribution in [-0.2, 0) is 4.79 Å². The van der Waals surface area contributed by atoms with Gasteiger partial charge in [-0.2, -0.15) is 0 Å². The second-order valence-corrected chi connectivity index (χ2v) is 5.39. The Balaban J connectivity index is 2.03. The van der Waals surface area contributed by atoms with Crippen LogP contribution < -0.4 is 0 Å². The first-order valence-corrected chi connectivity index (χ1v) is 6.92. The minimum absolute atomic E-state index is 0.120. The fraction of sp³-hybridized carbons (Fsp3) is 0.471. The number of ketones is 1. The van der Waals surface area contributed by atoms with Crippen molar-refractivity contribution in [2.24, 2.45) is 5.92 Å². The molecule has 2 rings (SSSR count). The Bertz CT molecular complexity index is 497. The van der Waals surface area contributed by atoms with Crippen molar-refractivity contribution in [2.45, 2.75) is 39.3 Å². The minimum atomic E-state index is 0.120. The number of piperidine rings is 1. The van der Waals surface area contributed by atoms with E-state index in [1.54, 1.807) is 0 Å². The normalized spacial score (nSPS) is 27.7. The summed E-state index contributed by atoms with van der Waals surface area (Å²) in [5.41, 5.74) is 1.05. The number of hydrogen-bond donors (Lipinski definition) is 0. The first kappa shape index (κ1) is 13.8. The summed E-state index contributed by atoms with van der Waals surface area (Å²) in [6, 6.07) is 10.6. The van der Waals surface area contributed by atoms with Crippen LogP contribution in [0.1, 0.15) is 32.8 Å². The summed E-state index contributed by atoms with van der Waals surface area (Å²) in [6.07, 6.45) is 0.651. The standard InChI is InChI=1S/C17H21NO/c1-13-12-17(19)14(2)15(3)18(13)11-7-10-16-8-5-4-6-9-16/h4-6,8-9,13-15H,11-12H2,1-3H3. The SMILES string of the molecule is CC1C(=O)CC(C)N(CC#Cc2ccccc2)C1C. The third-order valence-corrected chi connectivity index (χ3v) is 4.09. The second-order valence-electron chi connectivity index (χ2n) is 5.39. The van der Waals surface area contributed by atoms with Crippen LogP contribution in [0.5, 0.6) is 0 Å². The summed E-state index contributed by atoms with van der Waals surface area (Å²) in [4.78, 5) is 14.1. The highest BCUT2D eigenvalue weighted by atomic mass is 16.1. The zero-order valence-electron chi connectivity index (χ0n) is 11.9. The molecule has 100 valence electrons. The van der Waals surface area contributed by atoms with Crippen LogP contribution in [0.2, 0.25) is 0 Å². The maximum Gasteiger partial charge on any atom is 0.138 e. The summed E-state index contributed by atoms with van der Waals surface area (Å²) in [6.45, 7) is 7.00. The van der Waals surface area contributed by atoms with Gasteiger partial charge >= 0.3 is 0 Å². The van der Waals surface area contributed by atoms with Gasteiger partial charge in [0.1, 0.15) is 5.78 Å².